The maximum absolute atomic E-state index is 5.90. The van der Waals surface area contributed by atoms with Crippen LogP contribution in [0, 0.1) is 0 Å². The highest BCUT2D eigenvalue weighted by atomic mass is 16.7. The highest BCUT2D eigenvalue weighted by Gasteiger charge is 2.56. The van der Waals surface area contributed by atoms with Gasteiger partial charge in [-0.3, -0.25) is 0 Å². The number of rotatable bonds is 1. The average Bonchev–Trinajstić information content (AvgIpc) is 2.18. The van der Waals surface area contributed by atoms with E-state index in [4.69, 9.17) is 15.0 Å². The normalized spacial score (nSPS) is 39.6. The van der Waals surface area contributed by atoms with E-state index in [2.05, 4.69) is 33.0 Å². The third kappa shape index (κ3) is 1.39. The SMILES string of the molecule is CC1(C)OB([C@@H]2CNC2N)OC1(C)C. The summed E-state index contributed by atoms with van der Waals surface area (Å²) in [5.41, 5.74) is 5.32. The summed E-state index contributed by atoms with van der Waals surface area (Å²) < 4.78 is 11.8. The zero-order valence-electron chi connectivity index (χ0n) is 9.33. The second-order valence-corrected chi connectivity index (χ2v) is 5.22. The van der Waals surface area contributed by atoms with Gasteiger partial charge in [0.1, 0.15) is 0 Å². The van der Waals surface area contributed by atoms with Crippen molar-refractivity contribution in [1.29, 1.82) is 0 Å². The molecule has 0 saturated carbocycles. The smallest absolute Gasteiger partial charge is 0.403 e. The van der Waals surface area contributed by atoms with Gasteiger partial charge in [-0.2, -0.15) is 0 Å². The Morgan fingerprint density at radius 2 is 1.71 bits per heavy atom. The first-order valence-electron chi connectivity index (χ1n) is 5.18. The van der Waals surface area contributed by atoms with Gasteiger partial charge >= 0.3 is 7.12 Å². The largest absolute Gasteiger partial charge is 0.465 e. The Hall–Kier alpha value is -0.0951. The van der Waals surface area contributed by atoms with Gasteiger partial charge in [0.15, 0.2) is 0 Å². The number of nitrogens with two attached hydrogens (primary N) is 1. The fraction of sp³-hybridized carbons (Fsp3) is 1.00. The van der Waals surface area contributed by atoms with Crippen molar-refractivity contribution in [2.24, 2.45) is 5.73 Å². The Balaban J connectivity index is 2.06. The van der Waals surface area contributed by atoms with Gasteiger partial charge in [-0.1, -0.05) is 0 Å². The molecule has 0 radical (unpaired) electrons. The Kier molecular flexibility index (Phi) is 2.20. The standard InChI is InChI=1S/C9H19BN2O2/c1-8(2)9(3,4)14-10(13-8)6-5-12-7(6)11/h6-7,12H,5,11H2,1-4H3/t6-,7?/m1/s1. The fourth-order valence-electron chi connectivity index (χ4n) is 1.72. The van der Waals surface area contributed by atoms with Crippen LogP contribution in [0.1, 0.15) is 27.7 Å². The summed E-state index contributed by atoms with van der Waals surface area (Å²) >= 11 is 0. The summed E-state index contributed by atoms with van der Waals surface area (Å²) in [7, 11) is -0.156. The monoisotopic (exact) mass is 198 g/mol. The van der Waals surface area contributed by atoms with E-state index < -0.39 is 0 Å². The molecule has 0 aliphatic carbocycles. The first kappa shape index (κ1) is 10.4. The zero-order chi connectivity index (χ0) is 10.6. The second-order valence-electron chi connectivity index (χ2n) is 5.22. The molecule has 2 aliphatic rings. The second kappa shape index (κ2) is 2.95. The summed E-state index contributed by atoms with van der Waals surface area (Å²) in [5.74, 6) is 0.288. The fourth-order valence-corrected chi connectivity index (χ4v) is 1.72. The molecule has 0 aromatic heterocycles. The predicted molar refractivity (Wildman–Crippen MR) is 55.8 cm³/mol. The Morgan fingerprint density at radius 3 is 2.00 bits per heavy atom. The molecule has 0 spiro atoms. The highest BCUT2D eigenvalue weighted by Crippen LogP contribution is 2.41. The van der Waals surface area contributed by atoms with Crippen LogP contribution in [-0.4, -0.2) is 31.0 Å². The van der Waals surface area contributed by atoms with Gasteiger partial charge in [0.25, 0.3) is 0 Å². The number of nitrogens with one attached hydrogen (secondary N) is 1. The average molecular weight is 198 g/mol. The third-order valence-corrected chi connectivity index (χ3v) is 3.67. The molecular formula is C9H19BN2O2. The van der Waals surface area contributed by atoms with Gasteiger partial charge in [-0.25, -0.2) is 0 Å². The molecule has 14 heavy (non-hydrogen) atoms. The molecule has 0 amide bonds. The molecule has 4 nitrogen and oxygen atoms in total. The quantitative estimate of drug-likeness (QED) is 0.596. The summed E-state index contributed by atoms with van der Waals surface area (Å²) in [4.78, 5) is 0. The molecule has 2 rings (SSSR count). The molecule has 0 aromatic carbocycles. The van der Waals surface area contributed by atoms with Crippen molar-refractivity contribution in [3.8, 4) is 0 Å². The van der Waals surface area contributed by atoms with E-state index in [-0.39, 0.29) is 30.3 Å². The molecule has 2 heterocycles. The summed E-state index contributed by atoms with van der Waals surface area (Å²) in [5, 5.41) is 3.11. The van der Waals surface area contributed by atoms with Gasteiger partial charge in [-0.05, 0) is 27.7 Å². The van der Waals surface area contributed by atoms with E-state index in [9.17, 15) is 0 Å². The minimum atomic E-state index is -0.243. The van der Waals surface area contributed by atoms with Gasteiger partial charge in [0.05, 0.1) is 17.4 Å². The molecule has 1 unspecified atom stereocenters. The van der Waals surface area contributed by atoms with Crippen LogP contribution in [-0.2, 0) is 9.31 Å². The summed E-state index contributed by atoms with van der Waals surface area (Å²) in [6, 6.07) is 0. The van der Waals surface area contributed by atoms with Crippen molar-refractivity contribution < 1.29 is 9.31 Å². The Bertz CT molecular complexity index is 229. The van der Waals surface area contributed by atoms with Gasteiger partial charge in [0, 0.05) is 12.4 Å². The van der Waals surface area contributed by atoms with Crippen molar-refractivity contribution in [2.75, 3.05) is 6.54 Å². The van der Waals surface area contributed by atoms with E-state index in [1.165, 1.54) is 0 Å². The maximum atomic E-state index is 5.90. The van der Waals surface area contributed by atoms with Crippen LogP contribution in [0.3, 0.4) is 0 Å². The summed E-state index contributed by atoms with van der Waals surface area (Å²) in [6.45, 7) is 9.13. The van der Waals surface area contributed by atoms with E-state index >= 15 is 0 Å². The van der Waals surface area contributed by atoms with Crippen molar-refractivity contribution in [3.63, 3.8) is 0 Å². The van der Waals surface area contributed by atoms with Crippen LogP contribution in [0.25, 0.3) is 0 Å². The summed E-state index contributed by atoms with van der Waals surface area (Å²) in [6.07, 6.45) is 0.0182. The molecule has 3 N–H and O–H groups in total. The molecule has 0 aromatic rings. The van der Waals surface area contributed by atoms with Gasteiger partial charge < -0.3 is 20.4 Å². The van der Waals surface area contributed by atoms with Crippen molar-refractivity contribution in [1.82, 2.24) is 5.32 Å². The van der Waals surface area contributed by atoms with E-state index in [0.29, 0.717) is 0 Å². The zero-order valence-corrected chi connectivity index (χ0v) is 9.33. The van der Waals surface area contributed by atoms with E-state index in [1.54, 1.807) is 0 Å². The van der Waals surface area contributed by atoms with Gasteiger partial charge in [0.2, 0.25) is 0 Å². The Morgan fingerprint density at radius 1 is 1.21 bits per heavy atom. The third-order valence-electron chi connectivity index (χ3n) is 3.67. The maximum Gasteiger partial charge on any atom is 0.465 e. The molecule has 0 bridgehead atoms. The van der Waals surface area contributed by atoms with Crippen LogP contribution in [0.15, 0.2) is 0 Å². The highest BCUT2D eigenvalue weighted by molar-refractivity contribution is 6.48. The first-order valence-corrected chi connectivity index (χ1v) is 5.18. The lowest BCUT2D eigenvalue weighted by Crippen LogP contribution is -2.60. The van der Waals surface area contributed by atoms with Gasteiger partial charge in [-0.15, -0.1) is 0 Å². The van der Waals surface area contributed by atoms with Crippen LogP contribution in [0.5, 0.6) is 0 Å². The molecule has 5 heteroatoms. The van der Waals surface area contributed by atoms with Crippen LogP contribution in [0.4, 0.5) is 0 Å². The molecule has 2 saturated heterocycles. The molecular weight excluding hydrogens is 179 g/mol. The lowest BCUT2D eigenvalue weighted by molar-refractivity contribution is 0.00578. The Labute approximate surface area is 85.7 Å². The number of hydrogen-bond acceptors (Lipinski definition) is 4. The number of hydrogen-bond donors (Lipinski definition) is 2. The first-order chi connectivity index (χ1) is 6.33. The minimum Gasteiger partial charge on any atom is -0.403 e. The van der Waals surface area contributed by atoms with E-state index in [0.717, 1.165) is 6.54 Å². The molecule has 2 atom stereocenters. The van der Waals surface area contributed by atoms with E-state index in [1.807, 2.05) is 0 Å². The molecule has 80 valence electrons. The van der Waals surface area contributed by atoms with Crippen molar-refractivity contribution in [3.05, 3.63) is 0 Å². The minimum absolute atomic E-state index is 0.0182. The van der Waals surface area contributed by atoms with Crippen LogP contribution >= 0.6 is 0 Å². The predicted octanol–water partition coefficient (Wildman–Crippen LogP) is 0.337. The van der Waals surface area contributed by atoms with Crippen LogP contribution in [0.2, 0.25) is 5.82 Å². The van der Waals surface area contributed by atoms with Crippen molar-refractivity contribution in [2.45, 2.75) is 50.9 Å². The lowest BCUT2D eigenvalue weighted by Gasteiger charge is -2.36. The lowest BCUT2D eigenvalue weighted by atomic mass is 9.66. The van der Waals surface area contributed by atoms with Crippen molar-refractivity contribution >= 4 is 7.12 Å². The van der Waals surface area contributed by atoms with Crippen LogP contribution < -0.4 is 11.1 Å². The molecule has 2 fully saturated rings. The molecule has 2 aliphatic heterocycles. The topological polar surface area (TPSA) is 56.5 Å².